The topological polar surface area (TPSA) is 231 Å². The Balaban J connectivity index is 5.50. The van der Waals surface area contributed by atoms with Gasteiger partial charge in [-0.05, 0) is 12.3 Å². The molecule has 0 aliphatic carbocycles. The number of thiol groups is 1. The van der Waals surface area contributed by atoms with Crippen molar-refractivity contribution in [3.8, 4) is 0 Å². The number of amides is 4. The Morgan fingerprint density at radius 2 is 1.45 bits per heavy atom. The predicted octanol–water partition coefficient (Wildman–Crippen LogP) is -2.82. The van der Waals surface area contributed by atoms with Crippen molar-refractivity contribution in [3.05, 3.63) is 0 Å². The highest BCUT2D eigenvalue weighted by Crippen LogP contribution is 2.06. The molecule has 176 valence electrons. The monoisotopic (exact) mass is 463 g/mol. The minimum absolute atomic E-state index is 0.0298. The van der Waals surface area contributed by atoms with Crippen LogP contribution >= 0.6 is 12.6 Å². The Hall–Kier alpha value is -2.87. The summed E-state index contributed by atoms with van der Waals surface area (Å²) in [6, 6.07) is -5.24. The molecule has 4 unspecified atom stereocenters. The quantitative estimate of drug-likeness (QED) is 0.124. The van der Waals surface area contributed by atoms with Crippen molar-refractivity contribution >= 4 is 48.2 Å². The molecule has 0 aromatic heterocycles. The van der Waals surface area contributed by atoms with Crippen molar-refractivity contribution in [2.45, 2.75) is 57.3 Å². The molecule has 0 fully saturated rings. The first-order valence-electron chi connectivity index (χ1n) is 9.30. The third-order valence-electron chi connectivity index (χ3n) is 4.09. The number of aliphatic carboxylic acids is 2. The van der Waals surface area contributed by atoms with Crippen LogP contribution in [0.25, 0.3) is 0 Å². The van der Waals surface area contributed by atoms with Crippen molar-refractivity contribution in [2.75, 3.05) is 5.75 Å². The van der Waals surface area contributed by atoms with Crippen LogP contribution in [0.2, 0.25) is 0 Å². The van der Waals surface area contributed by atoms with E-state index < -0.39 is 72.1 Å². The van der Waals surface area contributed by atoms with E-state index in [1.165, 1.54) is 0 Å². The van der Waals surface area contributed by atoms with Crippen molar-refractivity contribution in [3.63, 3.8) is 0 Å². The van der Waals surface area contributed by atoms with Crippen LogP contribution in [0, 0.1) is 5.92 Å². The summed E-state index contributed by atoms with van der Waals surface area (Å²) >= 11 is 3.91. The summed E-state index contributed by atoms with van der Waals surface area (Å²) in [5.74, 6) is -6.68. The highest BCUT2D eigenvalue weighted by Gasteiger charge is 2.32. The van der Waals surface area contributed by atoms with E-state index in [1.54, 1.807) is 13.8 Å². The lowest BCUT2D eigenvalue weighted by Crippen LogP contribution is -2.58. The van der Waals surface area contributed by atoms with Gasteiger partial charge >= 0.3 is 11.9 Å². The summed E-state index contributed by atoms with van der Waals surface area (Å²) < 4.78 is 0. The minimum Gasteiger partial charge on any atom is -0.481 e. The average Bonchev–Trinajstić information content (AvgIpc) is 2.66. The number of nitrogens with two attached hydrogens (primary N) is 2. The molecule has 0 saturated carbocycles. The van der Waals surface area contributed by atoms with E-state index >= 15 is 0 Å². The molecular weight excluding hydrogens is 434 g/mol. The zero-order valence-corrected chi connectivity index (χ0v) is 18.1. The summed E-state index contributed by atoms with van der Waals surface area (Å²) in [6.07, 6.45) is -1.50. The van der Waals surface area contributed by atoms with Gasteiger partial charge in [-0.15, -0.1) is 0 Å². The third-order valence-corrected chi connectivity index (χ3v) is 4.48. The van der Waals surface area contributed by atoms with Crippen molar-refractivity contribution < 1.29 is 39.0 Å². The van der Waals surface area contributed by atoms with Gasteiger partial charge in [0.1, 0.15) is 18.1 Å². The van der Waals surface area contributed by atoms with Crippen molar-refractivity contribution in [1.29, 1.82) is 0 Å². The molecule has 0 aromatic carbocycles. The largest absolute Gasteiger partial charge is 0.481 e. The lowest BCUT2D eigenvalue weighted by atomic mass is 10.0. The van der Waals surface area contributed by atoms with Gasteiger partial charge in [0, 0.05) is 12.2 Å². The number of primary amides is 1. The van der Waals surface area contributed by atoms with Gasteiger partial charge in [-0.1, -0.05) is 13.8 Å². The summed E-state index contributed by atoms with van der Waals surface area (Å²) in [4.78, 5) is 70.3. The highest BCUT2D eigenvalue weighted by atomic mass is 32.1. The normalized spacial score (nSPS) is 14.6. The van der Waals surface area contributed by atoms with Crippen LogP contribution in [0.3, 0.4) is 0 Å². The molecule has 0 aliphatic rings. The fraction of sp³-hybridized carbons (Fsp3) is 0.647. The second-order valence-corrected chi connectivity index (χ2v) is 7.45. The van der Waals surface area contributed by atoms with E-state index in [2.05, 4.69) is 23.3 Å². The van der Waals surface area contributed by atoms with Crippen LogP contribution in [0.4, 0.5) is 0 Å². The Labute approximate surface area is 184 Å². The van der Waals surface area contributed by atoms with E-state index in [0.717, 1.165) is 0 Å². The first kappa shape index (κ1) is 28.1. The number of nitrogens with one attached hydrogen (secondary N) is 3. The Kier molecular flexibility index (Phi) is 12.2. The zero-order valence-electron chi connectivity index (χ0n) is 17.2. The maximum absolute atomic E-state index is 12.7. The van der Waals surface area contributed by atoms with E-state index in [1.807, 2.05) is 5.32 Å². The predicted molar refractivity (Wildman–Crippen MR) is 111 cm³/mol. The lowest BCUT2D eigenvalue weighted by Gasteiger charge is -2.26. The zero-order chi connectivity index (χ0) is 24.3. The maximum atomic E-state index is 12.7. The van der Waals surface area contributed by atoms with Gasteiger partial charge < -0.3 is 37.6 Å². The number of hydrogen-bond donors (Lipinski definition) is 8. The maximum Gasteiger partial charge on any atom is 0.326 e. The molecule has 9 N–H and O–H groups in total. The molecule has 4 atom stereocenters. The number of carboxylic acid groups (broad SMARTS) is 2. The fourth-order valence-electron chi connectivity index (χ4n) is 2.34. The molecule has 0 heterocycles. The number of carboxylic acids is 2. The molecule has 14 heteroatoms. The number of hydrogen-bond acceptors (Lipinski definition) is 8. The highest BCUT2D eigenvalue weighted by molar-refractivity contribution is 7.80. The average molecular weight is 464 g/mol. The molecule has 0 aromatic rings. The second kappa shape index (κ2) is 13.4. The molecule has 0 aliphatic heterocycles. The smallest absolute Gasteiger partial charge is 0.326 e. The first-order chi connectivity index (χ1) is 14.3. The third kappa shape index (κ3) is 10.6. The second-order valence-electron chi connectivity index (χ2n) is 7.08. The first-order valence-corrected chi connectivity index (χ1v) is 9.93. The van der Waals surface area contributed by atoms with Gasteiger partial charge in [0.15, 0.2) is 0 Å². The van der Waals surface area contributed by atoms with Gasteiger partial charge in [-0.25, -0.2) is 4.79 Å². The van der Waals surface area contributed by atoms with E-state index in [-0.39, 0.29) is 18.6 Å². The molecule has 0 rings (SSSR count). The summed E-state index contributed by atoms with van der Waals surface area (Å²) in [5.41, 5.74) is 10.7. The van der Waals surface area contributed by atoms with E-state index in [9.17, 15) is 28.8 Å². The van der Waals surface area contributed by atoms with E-state index in [4.69, 9.17) is 21.7 Å². The van der Waals surface area contributed by atoms with Crippen LogP contribution in [0.1, 0.15) is 33.1 Å². The standard InChI is InChI=1S/C17H29N5O8S/c1-7(2)13(22-14(26)8(18)6-31)16(28)20-9(3-4-11(19)23)15(27)21-10(17(29)30)5-12(24)25/h7-10,13,31H,3-6,18H2,1-2H3,(H2,19,23)(H,20,28)(H,21,27)(H,22,26)(H,24,25)(H,29,30). The van der Waals surface area contributed by atoms with Crippen LogP contribution in [0.5, 0.6) is 0 Å². The fourth-order valence-corrected chi connectivity index (χ4v) is 2.51. The van der Waals surface area contributed by atoms with Gasteiger partial charge in [0.05, 0.1) is 12.5 Å². The summed E-state index contributed by atoms with van der Waals surface area (Å²) in [6.45, 7) is 3.26. The molecular formula is C17H29N5O8S. The van der Waals surface area contributed by atoms with Crippen LogP contribution < -0.4 is 27.4 Å². The van der Waals surface area contributed by atoms with Gasteiger partial charge in [0.2, 0.25) is 23.6 Å². The molecule has 31 heavy (non-hydrogen) atoms. The van der Waals surface area contributed by atoms with Crippen LogP contribution in [-0.2, 0) is 28.8 Å². The number of carbonyl (C=O) groups is 6. The molecule has 0 saturated heterocycles. The molecule has 4 amide bonds. The van der Waals surface area contributed by atoms with E-state index in [0.29, 0.717) is 0 Å². The van der Waals surface area contributed by atoms with Crippen LogP contribution in [-0.4, -0.2) is 75.7 Å². The molecule has 0 bridgehead atoms. The van der Waals surface area contributed by atoms with Crippen LogP contribution in [0.15, 0.2) is 0 Å². The van der Waals surface area contributed by atoms with Crippen molar-refractivity contribution in [1.82, 2.24) is 16.0 Å². The Morgan fingerprint density at radius 1 is 0.903 bits per heavy atom. The SMILES string of the molecule is CC(C)C(NC(=O)C(N)CS)C(=O)NC(CCC(N)=O)C(=O)NC(CC(=O)O)C(=O)O. The number of rotatable bonds is 14. The number of carbonyl (C=O) groups excluding carboxylic acids is 4. The van der Waals surface area contributed by atoms with Gasteiger partial charge in [-0.3, -0.25) is 24.0 Å². The van der Waals surface area contributed by atoms with Crippen molar-refractivity contribution in [2.24, 2.45) is 17.4 Å². The molecule has 0 radical (unpaired) electrons. The Bertz CT molecular complexity index is 702. The summed E-state index contributed by atoms with van der Waals surface area (Å²) in [5, 5.41) is 24.7. The van der Waals surface area contributed by atoms with Gasteiger partial charge in [0.25, 0.3) is 0 Å². The minimum atomic E-state index is -1.76. The van der Waals surface area contributed by atoms with Gasteiger partial charge in [-0.2, -0.15) is 12.6 Å². The lowest BCUT2D eigenvalue weighted by molar-refractivity contribution is -0.147. The molecule has 13 nitrogen and oxygen atoms in total. The molecule has 0 spiro atoms. The Morgan fingerprint density at radius 3 is 1.87 bits per heavy atom. The summed E-state index contributed by atoms with van der Waals surface area (Å²) in [7, 11) is 0.